The molecule has 0 amide bonds. The molecule has 0 saturated heterocycles. The molecule has 18 heavy (non-hydrogen) atoms. The van der Waals surface area contributed by atoms with Gasteiger partial charge in [-0.2, -0.15) is 0 Å². The van der Waals surface area contributed by atoms with Crippen LogP contribution in [0.25, 0.3) is 0 Å². The van der Waals surface area contributed by atoms with Gasteiger partial charge in [0.15, 0.2) is 4.67 Å². The minimum absolute atomic E-state index is 0.0111. The van der Waals surface area contributed by atoms with Crippen molar-refractivity contribution in [2.24, 2.45) is 0 Å². The second-order valence-electron chi connectivity index (χ2n) is 5.00. The van der Waals surface area contributed by atoms with Crippen molar-refractivity contribution in [3.63, 3.8) is 0 Å². The third-order valence-electron chi connectivity index (χ3n) is 2.33. The Labute approximate surface area is 117 Å². The van der Waals surface area contributed by atoms with Gasteiger partial charge in [0.1, 0.15) is 5.76 Å². The van der Waals surface area contributed by atoms with Crippen molar-refractivity contribution >= 4 is 26.0 Å². The molecule has 0 saturated carbocycles. The zero-order valence-electron chi connectivity index (χ0n) is 11.0. The van der Waals surface area contributed by atoms with E-state index in [0.29, 0.717) is 11.2 Å². The van der Waals surface area contributed by atoms with E-state index in [1.165, 1.54) is 0 Å². The van der Waals surface area contributed by atoms with Crippen molar-refractivity contribution in [3.05, 3.63) is 22.6 Å². The number of rotatable bonds is 6. The molecule has 104 valence electrons. The lowest BCUT2D eigenvalue weighted by Crippen LogP contribution is -2.50. The summed E-state index contributed by atoms with van der Waals surface area (Å²) in [5, 5.41) is 3.23. The lowest BCUT2D eigenvalue weighted by atomic mass is 10.1. The van der Waals surface area contributed by atoms with E-state index in [-0.39, 0.29) is 6.04 Å². The fraction of sp³-hybridized carbons (Fsp3) is 0.636. The number of halogens is 1. The largest absolute Gasteiger partial charge is 0.453 e. The first-order chi connectivity index (χ1) is 8.09. The first-order valence-corrected chi connectivity index (χ1v) is 8.25. The highest BCUT2D eigenvalue weighted by Crippen LogP contribution is 2.20. The average Bonchev–Trinajstić information content (AvgIpc) is 2.57. The molecular formula is C11H19BrN2O3S. The first kappa shape index (κ1) is 15.7. The van der Waals surface area contributed by atoms with E-state index in [1.807, 2.05) is 32.9 Å². The molecule has 0 fully saturated rings. The van der Waals surface area contributed by atoms with Crippen molar-refractivity contribution in [2.45, 2.75) is 32.4 Å². The number of sulfonamides is 1. The molecule has 0 spiro atoms. The Morgan fingerprint density at radius 3 is 2.50 bits per heavy atom. The number of hydrogen-bond acceptors (Lipinski definition) is 4. The molecule has 2 N–H and O–H groups in total. The maximum Gasteiger partial charge on any atom is 0.209 e. The van der Waals surface area contributed by atoms with Gasteiger partial charge in [-0.25, -0.2) is 13.1 Å². The summed E-state index contributed by atoms with van der Waals surface area (Å²) in [5.74, 6) is 0.803. The monoisotopic (exact) mass is 338 g/mol. The summed E-state index contributed by atoms with van der Waals surface area (Å²) in [6, 6.07) is 3.71. The molecule has 0 aliphatic carbocycles. The molecule has 0 aliphatic heterocycles. The van der Waals surface area contributed by atoms with Gasteiger partial charge in [-0.3, -0.25) is 0 Å². The molecule has 1 aromatic heterocycles. The standard InChI is InChI=1S/C11H19BrN2O3S/c1-8(9-5-6-10(12)17-9)13-7-11(2,3)14-18(4,15)16/h5-6,8,13-14H,7H2,1-4H3. The molecule has 1 rings (SSSR count). The average molecular weight is 339 g/mol. The fourth-order valence-electron chi connectivity index (χ4n) is 1.61. The Bertz CT molecular complexity index is 496. The highest BCUT2D eigenvalue weighted by Gasteiger charge is 2.23. The Morgan fingerprint density at radius 2 is 2.06 bits per heavy atom. The predicted molar refractivity (Wildman–Crippen MR) is 74.9 cm³/mol. The third kappa shape index (κ3) is 5.51. The molecule has 1 unspecified atom stereocenters. The van der Waals surface area contributed by atoms with Gasteiger partial charge < -0.3 is 9.73 Å². The van der Waals surface area contributed by atoms with Crippen LogP contribution in [0.2, 0.25) is 0 Å². The summed E-state index contributed by atoms with van der Waals surface area (Å²) in [6.07, 6.45) is 1.15. The van der Waals surface area contributed by atoms with Crippen LogP contribution in [0.15, 0.2) is 21.2 Å². The zero-order valence-corrected chi connectivity index (χ0v) is 13.4. The molecule has 1 heterocycles. The highest BCUT2D eigenvalue weighted by atomic mass is 79.9. The van der Waals surface area contributed by atoms with Gasteiger partial charge in [0, 0.05) is 12.1 Å². The lowest BCUT2D eigenvalue weighted by molar-refractivity contribution is 0.365. The van der Waals surface area contributed by atoms with Gasteiger partial charge in [-0.1, -0.05) is 0 Å². The van der Waals surface area contributed by atoms with E-state index in [1.54, 1.807) is 0 Å². The smallest absolute Gasteiger partial charge is 0.209 e. The van der Waals surface area contributed by atoms with Crippen LogP contribution in [0.4, 0.5) is 0 Å². The minimum atomic E-state index is -3.21. The van der Waals surface area contributed by atoms with Crippen LogP contribution in [-0.2, 0) is 10.0 Å². The summed E-state index contributed by atoms with van der Waals surface area (Å²) in [5.41, 5.74) is -0.550. The highest BCUT2D eigenvalue weighted by molar-refractivity contribution is 9.10. The summed E-state index contributed by atoms with van der Waals surface area (Å²) in [6.45, 7) is 6.11. The summed E-state index contributed by atoms with van der Waals surface area (Å²) < 4.78 is 31.1. The zero-order chi connectivity index (χ0) is 14.0. The molecule has 0 aromatic carbocycles. The van der Waals surface area contributed by atoms with E-state index in [9.17, 15) is 8.42 Å². The van der Waals surface area contributed by atoms with Crippen molar-refractivity contribution in [1.82, 2.24) is 10.0 Å². The van der Waals surface area contributed by atoms with Crippen molar-refractivity contribution in [2.75, 3.05) is 12.8 Å². The Kier molecular flexibility index (Phi) is 4.99. The van der Waals surface area contributed by atoms with Gasteiger partial charge in [-0.15, -0.1) is 0 Å². The lowest BCUT2D eigenvalue weighted by Gasteiger charge is -2.27. The third-order valence-corrected chi connectivity index (χ3v) is 3.68. The van der Waals surface area contributed by atoms with Crippen LogP contribution in [0.5, 0.6) is 0 Å². The maximum absolute atomic E-state index is 11.2. The number of nitrogens with one attached hydrogen (secondary N) is 2. The van der Waals surface area contributed by atoms with Crippen LogP contribution in [0.1, 0.15) is 32.6 Å². The molecule has 7 heteroatoms. The van der Waals surface area contributed by atoms with Gasteiger partial charge in [-0.05, 0) is 48.8 Å². The van der Waals surface area contributed by atoms with Crippen LogP contribution in [0, 0.1) is 0 Å². The second-order valence-corrected chi connectivity index (χ2v) is 7.53. The molecule has 0 aliphatic rings. The van der Waals surface area contributed by atoms with Crippen LogP contribution >= 0.6 is 15.9 Å². The predicted octanol–water partition coefficient (Wildman–Crippen LogP) is 2.02. The number of furan rings is 1. The molecule has 1 aromatic rings. The Hall–Kier alpha value is -0.370. The van der Waals surface area contributed by atoms with Gasteiger partial charge in [0.25, 0.3) is 0 Å². The summed E-state index contributed by atoms with van der Waals surface area (Å²) >= 11 is 3.24. The minimum Gasteiger partial charge on any atom is -0.453 e. The van der Waals surface area contributed by atoms with E-state index in [4.69, 9.17) is 4.42 Å². The molecule has 0 radical (unpaired) electrons. The van der Waals surface area contributed by atoms with Crippen LogP contribution in [-0.4, -0.2) is 26.8 Å². The summed E-state index contributed by atoms with van der Waals surface area (Å²) in [4.78, 5) is 0. The Morgan fingerprint density at radius 1 is 1.44 bits per heavy atom. The van der Waals surface area contributed by atoms with Gasteiger partial charge in [0.2, 0.25) is 10.0 Å². The quantitative estimate of drug-likeness (QED) is 0.832. The fourth-order valence-corrected chi connectivity index (χ4v) is 3.00. The van der Waals surface area contributed by atoms with E-state index >= 15 is 0 Å². The molecular weight excluding hydrogens is 320 g/mol. The first-order valence-electron chi connectivity index (χ1n) is 5.57. The SMILES string of the molecule is CC(NCC(C)(C)NS(C)(=O)=O)c1ccc(Br)o1. The molecule has 0 bridgehead atoms. The number of hydrogen-bond donors (Lipinski definition) is 2. The molecule has 1 atom stereocenters. The van der Waals surface area contributed by atoms with Crippen molar-refractivity contribution < 1.29 is 12.8 Å². The second kappa shape index (κ2) is 5.73. The van der Waals surface area contributed by atoms with Crippen molar-refractivity contribution in [1.29, 1.82) is 0 Å². The summed E-state index contributed by atoms with van der Waals surface area (Å²) in [7, 11) is -3.21. The van der Waals surface area contributed by atoms with Crippen molar-refractivity contribution in [3.8, 4) is 0 Å². The molecule has 5 nitrogen and oxygen atoms in total. The van der Waals surface area contributed by atoms with E-state index in [0.717, 1.165) is 12.0 Å². The topological polar surface area (TPSA) is 71.3 Å². The van der Waals surface area contributed by atoms with E-state index in [2.05, 4.69) is 26.0 Å². The van der Waals surface area contributed by atoms with E-state index < -0.39 is 15.6 Å². The van der Waals surface area contributed by atoms with Gasteiger partial charge >= 0.3 is 0 Å². The Balaban J connectivity index is 2.54. The van der Waals surface area contributed by atoms with Gasteiger partial charge in [0.05, 0.1) is 12.3 Å². The van der Waals surface area contributed by atoms with Crippen LogP contribution in [0.3, 0.4) is 0 Å². The van der Waals surface area contributed by atoms with Crippen LogP contribution < -0.4 is 10.0 Å². The maximum atomic E-state index is 11.2. The normalized spacial score (nSPS) is 14.7.